The Kier molecular flexibility index (Phi) is 3.54. The number of nitrogens with zero attached hydrogens (tertiary/aromatic N) is 2. The van der Waals surface area contributed by atoms with E-state index in [1.807, 2.05) is 13.0 Å². The van der Waals surface area contributed by atoms with Crippen molar-refractivity contribution < 1.29 is 4.74 Å². The van der Waals surface area contributed by atoms with Crippen LogP contribution in [-0.2, 0) is 0 Å². The number of nitriles is 1. The lowest BCUT2D eigenvalue weighted by Gasteiger charge is -2.13. The number of imidazole rings is 1. The smallest absolute Gasteiger partial charge is 0.137 e. The van der Waals surface area contributed by atoms with Gasteiger partial charge < -0.3 is 9.72 Å². The first kappa shape index (κ1) is 12.5. The van der Waals surface area contributed by atoms with Crippen LogP contribution in [0.1, 0.15) is 22.9 Å². The van der Waals surface area contributed by atoms with Crippen molar-refractivity contribution in [3.63, 3.8) is 0 Å². The molecule has 2 rings (SSSR count). The fourth-order valence-electron chi connectivity index (χ4n) is 1.85. The second-order valence-electron chi connectivity index (χ2n) is 3.88. The lowest BCUT2D eigenvalue weighted by atomic mass is 9.95. The van der Waals surface area contributed by atoms with Crippen molar-refractivity contribution in [3.8, 4) is 11.8 Å². The standard InChI is InChI=1S/C13H12ClN3O/c1-8-5-12(18-2)11(14)6-9(8)10(7-15)13-16-3-4-17-13/h3-6,10H,1-2H3,(H,16,17). The number of H-pyrrole nitrogens is 1. The number of aryl methyl sites for hydroxylation is 1. The molecule has 0 fully saturated rings. The minimum Gasteiger partial charge on any atom is -0.495 e. The van der Waals surface area contributed by atoms with Gasteiger partial charge in [-0.05, 0) is 30.2 Å². The third-order valence-corrected chi connectivity index (χ3v) is 3.07. The van der Waals surface area contributed by atoms with Crippen LogP contribution in [0.5, 0.6) is 5.75 Å². The molecule has 1 N–H and O–H groups in total. The van der Waals surface area contributed by atoms with Gasteiger partial charge in [0.2, 0.25) is 0 Å². The summed E-state index contributed by atoms with van der Waals surface area (Å²) in [4.78, 5) is 7.08. The quantitative estimate of drug-likeness (QED) is 0.924. The fourth-order valence-corrected chi connectivity index (χ4v) is 2.10. The van der Waals surface area contributed by atoms with E-state index in [-0.39, 0.29) is 0 Å². The number of hydrogen-bond acceptors (Lipinski definition) is 3. The number of hydrogen-bond donors (Lipinski definition) is 1. The van der Waals surface area contributed by atoms with E-state index in [4.69, 9.17) is 16.3 Å². The van der Waals surface area contributed by atoms with E-state index in [2.05, 4.69) is 16.0 Å². The highest BCUT2D eigenvalue weighted by Gasteiger charge is 2.19. The summed E-state index contributed by atoms with van der Waals surface area (Å²) in [6.45, 7) is 1.92. The van der Waals surface area contributed by atoms with Crippen molar-refractivity contribution in [1.29, 1.82) is 5.26 Å². The molecule has 2 aromatic rings. The Bertz CT molecular complexity index is 587. The van der Waals surface area contributed by atoms with Crippen LogP contribution in [0.3, 0.4) is 0 Å². The largest absolute Gasteiger partial charge is 0.495 e. The number of benzene rings is 1. The summed E-state index contributed by atoms with van der Waals surface area (Å²) in [5.74, 6) is 0.763. The van der Waals surface area contributed by atoms with E-state index in [0.717, 1.165) is 11.1 Å². The Morgan fingerprint density at radius 1 is 1.50 bits per heavy atom. The maximum atomic E-state index is 9.31. The number of methoxy groups -OCH3 is 1. The lowest BCUT2D eigenvalue weighted by molar-refractivity contribution is 0.414. The third-order valence-electron chi connectivity index (χ3n) is 2.77. The number of halogens is 1. The van der Waals surface area contributed by atoms with Crippen LogP contribution < -0.4 is 4.74 Å². The Hall–Kier alpha value is -1.99. The topological polar surface area (TPSA) is 61.7 Å². The molecule has 0 amide bonds. The summed E-state index contributed by atoms with van der Waals surface area (Å²) < 4.78 is 5.15. The second-order valence-corrected chi connectivity index (χ2v) is 4.29. The fraction of sp³-hybridized carbons (Fsp3) is 0.231. The first-order valence-electron chi connectivity index (χ1n) is 5.40. The predicted molar refractivity (Wildman–Crippen MR) is 68.8 cm³/mol. The maximum Gasteiger partial charge on any atom is 0.137 e. The molecule has 0 radical (unpaired) electrons. The summed E-state index contributed by atoms with van der Waals surface area (Å²) in [6, 6.07) is 5.81. The van der Waals surface area contributed by atoms with Crippen LogP contribution in [-0.4, -0.2) is 17.1 Å². The molecule has 1 unspecified atom stereocenters. The van der Waals surface area contributed by atoms with Gasteiger partial charge in [0, 0.05) is 12.4 Å². The number of aromatic amines is 1. The summed E-state index contributed by atoms with van der Waals surface area (Å²) in [6.07, 6.45) is 3.32. The molecule has 0 saturated heterocycles. The van der Waals surface area contributed by atoms with E-state index < -0.39 is 5.92 Å². The van der Waals surface area contributed by atoms with Gasteiger partial charge in [-0.15, -0.1) is 0 Å². The van der Waals surface area contributed by atoms with Gasteiger partial charge in [-0.25, -0.2) is 4.98 Å². The monoisotopic (exact) mass is 261 g/mol. The normalized spacial score (nSPS) is 11.9. The third kappa shape index (κ3) is 2.18. The molecule has 1 aromatic carbocycles. The van der Waals surface area contributed by atoms with Gasteiger partial charge in [-0.2, -0.15) is 5.26 Å². The first-order valence-corrected chi connectivity index (χ1v) is 5.78. The molecule has 0 aliphatic carbocycles. The molecule has 0 spiro atoms. The highest BCUT2D eigenvalue weighted by molar-refractivity contribution is 6.32. The zero-order chi connectivity index (χ0) is 13.1. The van der Waals surface area contributed by atoms with Gasteiger partial charge in [-0.3, -0.25) is 0 Å². The molecular weight excluding hydrogens is 250 g/mol. The van der Waals surface area contributed by atoms with E-state index >= 15 is 0 Å². The van der Waals surface area contributed by atoms with Gasteiger partial charge in [0.15, 0.2) is 0 Å². The number of nitrogens with one attached hydrogen (secondary N) is 1. The first-order chi connectivity index (χ1) is 8.67. The minimum atomic E-state index is -0.455. The minimum absolute atomic E-state index is 0.455. The molecule has 1 atom stereocenters. The van der Waals surface area contributed by atoms with Gasteiger partial charge in [0.05, 0.1) is 18.2 Å². The van der Waals surface area contributed by atoms with E-state index in [1.165, 1.54) is 0 Å². The predicted octanol–water partition coefficient (Wildman–Crippen LogP) is 3.04. The molecule has 0 bridgehead atoms. The zero-order valence-corrected chi connectivity index (χ0v) is 10.8. The molecule has 1 aromatic heterocycles. The molecule has 18 heavy (non-hydrogen) atoms. The lowest BCUT2D eigenvalue weighted by Crippen LogP contribution is -2.03. The average molecular weight is 262 g/mol. The van der Waals surface area contributed by atoms with Crippen molar-refractivity contribution in [1.82, 2.24) is 9.97 Å². The van der Waals surface area contributed by atoms with Crippen molar-refractivity contribution in [3.05, 3.63) is 46.5 Å². The summed E-state index contributed by atoms with van der Waals surface area (Å²) in [7, 11) is 1.56. The van der Waals surface area contributed by atoms with Crippen LogP contribution in [0.15, 0.2) is 24.5 Å². The Balaban J connectivity index is 2.51. The number of aromatic nitrogens is 2. The average Bonchev–Trinajstić information content (AvgIpc) is 2.87. The highest BCUT2D eigenvalue weighted by atomic mass is 35.5. The van der Waals surface area contributed by atoms with E-state index in [9.17, 15) is 5.26 Å². The van der Waals surface area contributed by atoms with Crippen LogP contribution in [0.2, 0.25) is 5.02 Å². The second kappa shape index (κ2) is 5.11. The maximum absolute atomic E-state index is 9.31. The summed E-state index contributed by atoms with van der Waals surface area (Å²) in [5, 5.41) is 9.80. The van der Waals surface area contributed by atoms with Gasteiger partial charge in [-0.1, -0.05) is 11.6 Å². The Morgan fingerprint density at radius 3 is 2.83 bits per heavy atom. The van der Waals surface area contributed by atoms with Crippen LogP contribution in [0.25, 0.3) is 0 Å². The van der Waals surface area contributed by atoms with Crippen molar-refractivity contribution >= 4 is 11.6 Å². The molecule has 5 heteroatoms. The molecule has 1 heterocycles. The van der Waals surface area contributed by atoms with Gasteiger partial charge >= 0.3 is 0 Å². The molecule has 0 aliphatic rings. The highest BCUT2D eigenvalue weighted by Crippen LogP contribution is 2.33. The van der Waals surface area contributed by atoms with Gasteiger partial charge in [0.25, 0.3) is 0 Å². The van der Waals surface area contributed by atoms with Crippen LogP contribution in [0, 0.1) is 18.3 Å². The van der Waals surface area contributed by atoms with Crippen molar-refractivity contribution in [2.24, 2.45) is 0 Å². The van der Waals surface area contributed by atoms with Crippen LogP contribution >= 0.6 is 11.6 Å². The van der Waals surface area contributed by atoms with E-state index in [0.29, 0.717) is 16.6 Å². The molecule has 92 valence electrons. The Labute approximate surface area is 110 Å². The van der Waals surface area contributed by atoms with Gasteiger partial charge in [0.1, 0.15) is 17.5 Å². The Morgan fingerprint density at radius 2 is 2.28 bits per heavy atom. The van der Waals surface area contributed by atoms with Crippen molar-refractivity contribution in [2.75, 3.05) is 7.11 Å². The molecule has 0 aliphatic heterocycles. The summed E-state index contributed by atoms with van der Waals surface area (Å²) >= 11 is 6.10. The summed E-state index contributed by atoms with van der Waals surface area (Å²) in [5.41, 5.74) is 1.78. The number of ether oxygens (including phenoxy) is 1. The molecule has 4 nitrogen and oxygen atoms in total. The number of rotatable bonds is 3. The molecule has 0 saturated carbocycles. The molecular formula is C13H12ClN3O. The van der Waals surface area contributed by atoms with Crippen LogP contribution in [0.4, 0.5) is 0 Å². The zero-order valence-electron chi connectivity index (χ0n) is 10.1. The SMILES string of the molecule is COc1cc(C)c(C(C#N)c2ncc[nH]2)cc1Cl. The van der Waals surface area contributed by atoms with E-state index in [1.54, 1.807) is 25.6 Å². The van der Waals surface area contributed by atoms with Crippen molar-refractivity contribution in [2.45, 2.75) is 12.8 Å².